The summed E-state index contributed by atoms with van der Waals surface area (Å²) < 4.78 is 20.4. The van der Waals surface area contributed by atoms with Crippen LogP contribution in [0.15, 0.2) is 48.6 Å². The molecule has 0 saturated heterocycles. The summed E-state index contributed by atoms with van der Waals surface area (Å²) in [6.45, 7) is 11.9. The van der Waals surface area contributed by atoms with Crippen molar-refractivity contribution >= 4 is 68.7 Å². The van der Waals surface area contributed by atoms with Crippen LogP contribution in [0.5, 0.6) is 0 Å². The molecule has 6 rings (SSSR count). The first kappa shape index (κ1) is 37.7. The summed E-state index contributed by atoms with van der Waals surface area (Å²) in [6, 6.07) is 7.72. The molecule has 0 amide bonds. The highest BCUT2D eigenvalue weighted by molar-refractivity contribution is 6.02. The van der Waals surface area contributed by atoms with E-state index in [4.69, 9.17) is 28.9 Å². The SMILES string of the molecule is C=Cc1c(C)c2cc3nc(cc4nc(cc5[nH]c(cc1[nH]2)c(C)c5CCC(=O)OC)C(CCC(=O)OC)=C4C)[C@@]1(C)C3=CC=C(C(=O)OC)[C@H]1C(=O)OC. The van der Waals surface area contributed by atoms with Crippen LogP contribution < -0.4 is 0 Å². The largest absolute Gasteiger partial charge is 0.469 e. The first-order valence-electron chi connectivity index (χ1n) is 17.6. The smallest absolute Gasteiger partial charge is 0.334 e. The molecule has 2 atom stereocenters. The number of carbonyl (C=O) groups is 4. The van der Waals surface area contributed by atoms with E-state index in [0.717, 1.165) is 55.5 Å². The monoisotopic (exact) mass is 732 g/mol. The number of hydrogen-bond acceptors (Lipinski definition) is 10. The van der Waals surface area contributed by atoms with Gasteiger partial charge in [0.05, 0.1) is 62.2 Å². The zero-order valence-electron chi connectivity index (χ0n) is 31.8. The molecule has 3 aliphatic rings. The van der Waals surface area contributed by atoms with Gasteiger partial charge < -0.3 is 28.9 Å². The Hall–Kier alpha value is -6.04. The molecule has 12 heteroatoms. The van der Waals surface area contributed by atoms with Crippen LogP contribution >= 0.6 is 0 Å². The summed E-state index contributed by atoms with van der Waals surface area (Å²) in [5, 5.41) is 0. The van der Waals surface area contributed by atoms with Gasteiger partial charge in [0.25, 0.3) is 0 Å². The molecule has 3 aromatic heterocycles. The maximum atomic E-state index is 13.7. The highest BCUT2D eigenvalue weighted by atomic mass is 16.5. The van der Waals surface area contributed by atoms with E-state index in [9.17, 15) is 19.2 Å². The van der Waals surface area contributed by atoms with Crippen molar-refractivity contribution in [1.29, 1.82) is 0 Å². The minimum absolute atomic E-state index is 0.121. The van der Waals surface area contributed by atoms with Crippen molar-refractivity contribution in [1.82, 2.24) is 19.9 Å². The van der Waals surface area contributed by atoms with Crippen molar-refractivity contribution in [2.45, 2.75) is 58.8 Å². The van der Waals surface area contributed by atoms with Crippen molar-refractivity contribution < 1.29 is 38.1 Å². The maximum absolute atomic E-state index is 13.7. The third-order valence-corrected chi connectivity index (χ3v) is 10.9. The molecule has 8 bridgehead atoms. The number of rotatable bonds is 9. The van der Waals surface area contributed by atoms with Gasteiger partial charge in [-0.05, 0) is 98.2 Å². The molecule has 12 nitrogen and oxygen atoms in total. The summed E-state index contributed by atoms with van der Waals surface area (Å²) in [5.41, 5.74) is 10.4. The van der Waals surface area contributed by atoms with Gasteiger partial charge in [-0.3, -0.25) is 19.4 Å². The molecule has 0 saturated carbocycles. The third-order valence-electron chi connectivity index (χ3n) is 10.9. The predicted octanol–water partition coefficient (Wildman–Crippen LogP) is 6.81. The van der Waals surface area contributed by atoms with Gasteiger partial charge in [-0.25, -0.2) is 9.78 Å². The average Bonchev–Trinajstić information content (AvgIpc) is 3.82. The van der Waals surface area contributed by atoms with Gasteiger partial charge in [0.1, 0.15) is 5.92 Å². The first-order valence-corrected chi connectivity index (χ1v) is 17.6. The van der Waals surface area contributed by atoms with Crippen LogP contribution in [0.25, 0.3) is 44.9 Å². The van der Waals surface area contributed by atoms with Gasteiger partial charge in [-0.15, -0.1) is 0 Å². The average molecular weight is 733 g/mol. The Labute approximate surface area is 313 Å². The van der Waals surface area contributed by atoms with Crippen molar-refractivity contribution in [3.63, 3.8) is 0 Å². The van der Waals surface area contributed by atoms with Crippen molar-refractivity contribution in [3.8, 4) is 0 Å². The van der Waals surface area contributed by atoms with Crippen molar-refractivity contribution in [2.24, 2.45) is 5.92 Å². The second kappa shape index (κ2) is 14.8. The Balaban J connectivity index is 1.76. The van der Waals surface area contributed by atoms with E-state index in [1.54, 1.807) is 18.2 Å². The molecule has 0 radical (unpaired) electrons. The molecule has 0 unspecified atom stereocenters. The number of allylic oxidation sites excluding steroid dienone is 5. The van der Waals surface area contributed by atoms with E-state index in [0.29, 0.717) is 41.2 Å². The number of esters is 4. The highest BCUT2D eigenvalue weighted by Gasteiger charge is 2.53. The van der Waals surface area contributed by atoms with Crippen LogP contribution in [0.3, 0.4) is 0 Å². The number of nitrogens with zero attached hydrogens (tertiary/aromatic N) is 2. The van der Waals surface area contributed by atoms with Gasteiger partial charge >= 0.3 is 23.9 Å². The second-order valence-electron chi connectivity index (χ2n) is 13.7. The zero-order chi connectivity index (χ0) is 39.1. The maximum Gasteiger partial charge on any atom is 0.334 e. The number of carbonyl (C=O) groups excluding carboxylic acids is 4. The molecular weight excluding hydrogens is 688 g/mol. The summed E-state index contributed by atoms with van der Waals surface area (Å²) in [4.78, 5) is 69.0. The quantitative estimate of drug-likeness (QED) is 0.177. The fourth-order valence-corrected chi connectivity index (χ4v) is 7.78. The number of fused-ring (bicyclic) bond motifs is 11. The van der Waals surface area contributed by atoms with Gasteiger partial charge in [-0.2, -0.15) is 0 Å². The molecule has 0 spiro atoms. The molecule has 2 aliphatic heterocycles. The zero-order valence-corrected chi connectivity index (χ0v) is 31.8. The molecule has 5 heterocycles. The fraction of sp³-hybridized carbons (Fsp3) is 0.333. The molecule has 280 valence electrons. The molecule has 1 aliphatic carbocycles. The van der Waals surface area contributed by atoms with Crippen LogP contribution in [0.2, 0.25) is 0 Å². The fourth-order valence-electron chi connectivity index (χ4n) is 7.78. The molecular formula is C42H44N4O8. The van der Waals surface area contributed by atoms with Gasteiger partial charge in [0.15, 0.2) is 0 Å². The summed E-state index contributed by atoms with van der Waals surface area (Å²) in [5.74, 6) is -3.05. The number of H-pyrrole nitrogens is 2. The summed E-state index contributed by atoms with van der Waals surface area (Å²) in [7, 11) is 5.28. The molecule has 2 N–H and O–H groups in total. The third kappa shape index (κ3) is 6.35. The predicted molar refractivity (Wildman–Crippen MR) is 206 cm³/mol. The normalized spacial score (nSPS) is 17.6. The number of methoxy groups -OCH3 is 4. The first-order chi connectivity index (χ1) is 25.8. The molecule has 3 aromatic rings. The number of aromatic amines is 2. The van der Waals surface area contributed by atoms with Gasteiger partial charge in [0, 0.05) is 40.5 Å². The minimum atomic E-state index is -1.17. The van der Waals surface area contributed by atoms with E-state index in [1.165, 1.54) is 28.4 Å². The van der Waals surface area contributed by atoms with Gasteiger partial charge in [0.2, 0.25) is 0 Å². The lowest BCUT2D eigenvalue weighted by molar-refractivity contribution is -0.149. The van der Waals surface area contributed by atoms with E-state index >= 15 is 0 Å². The molecule has 54 heavy (non-hydrogen) atoms. The Bertz CT molecular complexity index is 2390. The van der Waals surface area contributed by atoms with E-state index in [-0.39, 0.29) is 30.4 Å². The topological polar surface area (TPSA) is 163 Å². The number of nitrogens with one attached hydrogen (secondary N) is 2. The minimum Gasteiger partial charge on any atom is -0.469 e. The van der Waals surface area contributed by atoms with Crippen LogP contribution in [-0.2, 0) is 50.0 Å². The lowest BCUT2D eigenvalue weighted by Gasteiger charge is -2.36. The number of aryl methyl sites for hydroxylation is 3. The van der Waals surface area contributed by atoms with Crippen molar-refractivity contribution in [2.75, 3.05) is 28.4 Å². The Morgan fingerprint density at radius 2 is 1.41 bits per heavy atom. The molecule has 0 aromatic carbocycles. The van der Waals surface area contributed by atoms with Gasteiger partial charge in [-0.1, -0.05) is 24.8 Å². The second-order valence-corrected chi connectivity index (χ2v) is 13.7. The number of aromatic nitrogens is 4. The van der Waals surface area contributed by atoms with E-state index in [2.05, 4.69) is 16.5 Å². The number of hydrogen-bond donors (Lipinski definition) is 2. The Morgan fingerprint density at radius 3 is 2.06 bits per heavy atom. The Morgan fingerprint density at radius 1 is 0.759 bits per heavy atom. The Kier molecular flexibility index (Phi) is 10.3. The van der Waals surface area contributed by atoms with Crippen LogP contribution in [0, 0.1) is 19.8 Å². The summed E-state index contributed by atoms with van der Waals surface area (Å²) >= 11 is 0. The lowest BCUT2D eigenvalue weighted by Crippen LogP contribution is -2.42. The standard InChI is InChI=1S/C42H44N4O8/c1-10-24-21(2)30-18-35-28-14-11-27(40(49)53-8)39(41(50)54-9)42(28,5)36(46-35)20-31-23(4)26(13-16-38(48)52-7)34(45-31)19-33-25(12-15-37(47)51-6)22(3)29(44-33)17-32(24)43-30/h10-11,14,17-20,39,43-44H,1,12-13,15-16H2,2-9H3/t39-,42+/m0/s1. The van der Waals surface area contributed by atoms with Crippen LogP contribution in [-0.4, -0.2) is 72.3 Å². The number of ether oxygens (including phenoxy) is 4. The van der Waals surface area contributed by atoms with E-state index in [1.807, 2.05) is 52.0 Å². The van der Waals surface area contributed by atoms with Crippen LogP contribution in [0.1, 0.15) is 78.1 Å². The lowest BCUT2D eigenvalue weighted by atomic mass is 9.64. The van der Waals surface area contributed by atoms with Crippen LogP contribution in [0.4, 0.5) is 0 Å². The highest BCUT2D eigenvalue weighted by Crippen LogP contribution is 2.52. The molecule has 0 fully saturated rings. The van der Waals surface area contributed by atoms with E-state index < -0.39 is 23.3 Å². The van der Waals surface area contributed by atoms with Crippen molar-refractivity contribution in [3.05, 3.63) is 93.6 Å². The summed E-state index contributed by atoms with van der Waals surface area (Å²) in [6.07, 6.45) is 6.25.